The molecule has 54 heavy (non-hydrogen) atoms. The lowest BCUT2D eigenvalue weighted by Crippen LogP contribution is -2.67. The summed E-state index contributed by atoms with van der Waals surface area (Å²) >= 11 is 0. The molecule has 0 aliphatic heterocycles. The second kappa shape index (κ2) is 14.2. The highest BCUT2D eigenvalue weighted by atomic mass is 19.2. The molecule has 2 amide bonds. The Bertz CT molecular complexity index is 1690. The Morgan fingerprint density at radius 2 is 1.61 bits per heavy atom. The van der Waals surface area contributed by atoms with E-state index in [4.69, 9.17) is 4.74 Å². The van der Waals surface area contributed by atoms with Gasteiger partial charge in [0.05, 0.1) is 6.42 Å². The zero-order valence-electron chi connectivity index (χ0n) is 34.0. The van der Waals surface area contributed by atoms with Crippen LogP contribution in [0.5, 0.6) is 0 Å². The highest BCUT2D eigenvalue weighted by Crippen LogP contribution is 2.78. The van der Waals surface area contributed by atoms with Crippen LogP contribution < -0.4 is 5.32 Å². The number of hydrogen-bond acceptors (Lipinski definition) is 5. The lowest BCUT2D eigenvalue weighted by Gasteiger charge is -2.73. The van der Waals surface area contributed by atoms with Crippen molar-refractivity contribution in [1.29, 1.82) is 0 Å². The van der Waals surface area contributed by atoms with Gasteiger partial charge in [-0.1, -0.05) is 66.7 Å². The van der Waals surface area contributed by atoms with E-state index in [-0.39, 0.29) is 64.4 Å². The van der Waals surface area contributed by atoms with Gasteiger partial charge in [0.25, 0.3) is 5.91 Å². The number of ether oxygens (including phenoxy) is 1. The van der Waals surface area contributed by atoms with Crippen LogP contribution in [0.15, 0.2) is 35.5 Å². The molecule has 5 aliphatic rings. The highest BCUT2D eigenvalue weighted by Gasteiger charge is 2.71. The summed E-state index contributed by atoms with van der Waals surface area (Å²) < 4.78 is 33.7. The van der Waals surface area contributed by atoms with Crippen molar-refractivity contribution in [1.82, 2.24) is 5.32 Å². The SMILES string of the molecule is C=C(C)C1CC[C@]2(CC(=O)NCc3ccc(F)c(F)c3)CC[C@]3(C)[C@H](CCC4[C@@]5(C)CC[C@H](OC(=O)CC(C)(C)CC(=O)N=O)C(C)(C)C5CC[C@]43C)C12. The maximum atomic E-state index is 13.9. The highest BCUT2D eigenvalue weighted by molar-refractivity contribution is 5.79. The maximum Gasteiger partial charge on any atom is 0.306 e. The van der Waals surface area contributed by atoms with Crippen molar-refractivity contribution in [2.24, 2.45) is 67.3 Å². The summed E-state index contributed by atoms with van der Waals surface area (Å²) in [5, 5.41) is 5.57. The fourth-order valence-corrected chi connectivity index (χ4v) is 14.1. The minimum atomic E-state index is -0.903. The van der Waals surface area contributed by atoms with E-state index in [2.05, 4.69) is 58.6 Å². The maximum absolute atomic E-state index is 13.9. The number of carbonyl (C=O) groups excluding carboxylic acids is 3. The number of amides is 2. The number of nitrogens with one attached hydrogen (secondary N) is 1. The first-order valence-corrected chi connectivity index (χ1v) is 20.5. The molecule has 0 radical (unpaired) electrons. The minimum absolute atomic E-state index is 0.0154. The van der Waals surface area contributed by atoms with Crippen LogP contribution in [-0.2, 0) is 25.7 Å². The Morgan fingerprint density at radius 3 is 2.28 bits per heavy atom. The first kappa shape index (κ1) is 40.7. The molecule has 6 rings (SSSR count). The van der Waals surface area contributed by atoms with Gasteiger partial charge in [0.1, 0.15) is 6.10 Å². The van der Waals surface area contributed by atoms with E-state index < -0.39 is 23.0 Å². The Labute approximate surface area is 321 Å². The molecule has 0 bridgehead atoms. The molecule has 0 heterocycles. The quantitative estimate of drug-likeness (QED) is 0.146. The van der Waals surface area contributed by atoms with E-state index in [1.165, 1.54) is 11.6 Å². The van der Waals surface area contributed by atoms with E-state index in [0.717, 1.165) is 76.3 Å². The van der Waals surface area contributed by atoms with Crippen LogP contribution in [-0.4, -0.2) is 23.9 Å². The lowest BCUT2D eigenvalue weighted by molar-refractivity contribution is -0.250. The third-order valence-electron chi connectivity index (χ3n) is 16.8. The fraction of sp³-hybridized carbons (Fsp3) is 0.756. The molecule has 7 nitrogen and oxygen atoms in total. The molecule has 1 aromatic carbocycles. The van der Waals surface area contributed by atoms with Crippen LogP contribution in [0.2, 0.25) is 0 Å². The van der Waals surface area contributed by atoms with Crippen molar-refractivity contribution in [3.8, 4) is 0 Å². The Kier molecular flexibility index (Phi) is 10.7. The molecule has 5 aliphatic carbocycles. The van der Waals surface area contributed by atoms with Crippen LogP contribution in [0.4, 0.5) is 8.78 Å². The van der Waals surface area contributed by atoms with Crippen LogP contribution >= 0.6 is 0 Å². The molecule has 4 unspecified atom stereocenters. The molecule has 1 N–H and O–H groups in total. The number of benzene rings is 1. The molecule has 0 saturated heterocycles. The van der Waals surface area contributed by atoms with Crippen LogP contribution in [0, 0.1) is 78.6 Å². The molecule has 10 atom stereocenters. The van der Waals surface area contributed by atoms with Gasteiger partial charge in [-0.2, -0.15) is 0 Å². The molecule has 298 valence electrons. The number of carbonyl (C=O) groups is 3. The van der Waals surface area contributed by atoms with Gasteiger partial charge in [-0.15, -0.1) is 4.91 Å². The molecule has 5 saturated carbocycles. The van der Waals surface area contributed by atoms with E-state index >= 15 is 0 Å². The zero-order chi connectivity index (χ0) is 39.6. The van der Waals surface area contributed by atoms with Crippen molar-refractivity contribution >= 4 is 17.8 Å². The second-order valence-electron chi connectivity index (χ2n) is 20.6. The minimum Gasteiger partial charge on any atom is -0.462 e. The van der Waals surface area contributed by atoms with Crippen LogP contribution in [0.25, 0.3) is 0 Å². The van der Waals surface area contributed by atoms with Crippen LogP contribution in [0.1, 0.15) is 144 Å². The lowest BCUT2D eigenvalue weighted by atomic mass is 9.32. The van der Waals surface area contributed by atoms with Crippen molar-refractivity contribution in [2.45, 2.75) is 152 Å². The van der Waals surface area contributed by atoms with E-state index in [1.807, 2.05) is 0 Å². The topological polar surface area (TPSA) is 102 Å². The Balaban J connectivity index is 1.20. The molecular formula is C45H64F2N2O5. The third-order valence-corrected chi connectivity index (χ3v) is 16.8. The molecule has 5 fully saturated rings. The summed E-state index contributed by atoms with van der Waals surface area (Å²) in [6.45, 7) is 22.7. The monoisotopic (exact) mass is 750 g/mol. The molecule has 0 aromatic heterocycles. The number of hydrogen-bond donors (Lipinski definition) is 1. The van der Waals surface area contributed by atoms with E-state index in [9.17, 15) is 28.1 Å². The molecular weight excluding hydrogens is 687 g/mol. The molecule has 9 heteroatoms. The fourth-order valence-electron chi connectivity index (χ4n) is 14.1. The average Bonchev–Trinajstić information content (AvgIpc) is 3.46. The summed E-state index contributed by atoms with van der Waals surface area (Å²) in [7, 11) is 0. The normalized spacial score (nSPS) is 38.2. The van der Waals surface area contributed by atoms with Gasteiger partial charge in [0.2, 0.25) is 5.91 Å². The first-order chi connectivity index (χ1) is 25.1. The Morgan fingerprint density at radius 1 is 0.889 bits per heavy atom. The van der Waals surface area contributed by atoms with Gasteiger partial charge >= 0.3 is 5.97 Å². The van der Waals surface area contributed by atoms with E-state index in [1.54, 1.807) is 13.8 Å². The summed E-state index contributed by atoms with van der Waals surface area (Å²) in [5.41, 5.74) is 1.05. The number of fused-ring (bicyclic) bond motifs is 7. The summed E-state index contributed by atoms with van der Waals surface area (Å²) in [6, 6.07) is 3.79. The van der Waals surface area contributed by atoms with Gasteiger partial charge in [0.15, 0.2) is 11.6 Å². The number of nitrogens with zero attached hydrogens (tertiary/aromatic N) is 1. The van der Waals surface area contributed by atoms with Crippen LogP contribution in [0.3, 0.4) is 0 Å². The van der Waals surface area contributed by atoms with Gasteiger partial charge < -0.3 is 10.1 Å². The smallest absolute Gasteiger partial charge is 0.306 e. The number of esters is 1. The predicted octanol–water partition coefficient (Wildman–Crippen LogP) is 10.6. The van der Waals surface area contributed by atoms with Gasteiger partial charge in [-0.25, -0.2) is 8.78 Å². The molecule has 0 spiro atoms. The number of nitroso groups, excluding NO2 is 1. The third kappa shape index (κ3) is 6.79. The number of halogens is 2. The number of allylic oxidation sites excluding steroid dienone is 1. The van der Waals surface area contributed by atoms with Gasteiger partial charge in [-0.3, -0.25) is 14.4 Å². The van der Waals surface area contributed by atoms with Gasteiger partial charge in [0, 0.05) is 30.0 Å². The van der Waals surface area contributed by atoms with Crippen molar-refractivity contribution in [2.75, 3.05) is 0 Å². The summed E-state index contributed by atoms with van der Waals surface area (Å²) in [6.07, 6.45) is 10.6. The van der Waals surface area contributed by atoms with Crippen molar-refractivity contribution in [3.05, 3.63) is 52.5 Å². The van der Waals surface area contributed by atoms with Crippen molar-refractivity contribution < 1.29 is 27.9 Å². The summed E-state index contributed by atoms with van der Waals surface area (Å²) in [5.74, 6) is -0.728. The standard InChI is InChI=1S/C45H64F2N2O5/c1-27(2)29-14-19-45(24-36(50)48-26-28-10-12-31(46)32(47)22-28)21-20-43(8)30(39(29)45)11-13-34-42(7)17-16-35(41(5,6)33(42)15-18-44(34,43)9)54-38(52)25-40(3,4)23-37(51)49-53/h10,12,22,29-30,33-35,39H,1,11,13-21,23-26H2,2-9H3,(H,48,50)/t29?,30-,33?,34?,35+,39?,42+,43-,44-,45-/m1/s1. The first-order valence-electron chi connectivity index (χ1n) is 20.5. The number of rotatable bonds is 10. The second-order valence-corrected chi connectivity index (χ2v) is 20.6. The Hall–Kier alpha value is -2.97. The molecule has 1 aromatic rings. The van der Waals surface area contributed by atoms with Crippen molar-refractivity contribution in [3.63, 3.8) is 0 Å². The van der Waals surface area contributed by atoms with E-state index in [0.29, 0.717) is 41.6 Å². The van der Waals surface area contributed by atoms with Gasteiger partial charge in [-0.05, 0) is 145 Å². The largest absolute Gasteiger partial charge is 0.462 e. The predicted molar refractivity (Wildman–Crippen MR) is 205 cm³/mol. The zero-order valence-corrected chi connectivity index (χ0v) is 34.0. The average molecular weight is 751 g/mol. The summed E-state index contributed by atoms with van der Waals surface area (Å²) in [4.78, 5) is 49.4.